The Morgan fingerprint density at radius 3 is 2.50 bits per heavy atom. The molecule has 18 heavy (non-hydrogen) atoms. The zero-order valence-electron chi connectivity index (χ0n) is 9.90. The molecule has 3 rings (SSSR count). The first-order valence-corrected chi connectivity index (χ1v) is 6.98. The van der Waals surface area contributed by atoms with Gasteiger partial charge in [0.2, 0.25) is 0 Å². The van der Waals surface area contributed by atoms with Crippen molar-refractivity contribution in [3.8, 4) is 6.07 Å². The van der Waals surface area contributed by atoms with Gasteiger partial charge in [0.1, 0.15) is 5.78 Å². The van der Waals surface area contributed by atoms with Crippen LogP contribution in [0.15, 0.2) is 22.7 Å². The molecule has 2 unspecified atom stereocenters. The van der Waals surface area contributed by atoms with Crippen LogP contribution in [0.3, 0.4) is 0 Å². The molecule has 4 heteroatoms. The quantitative estimate of drug-likeness (QED) is 0.801. The summed E-state index contributed by atoms with van der Waals surface area (Å²) < 4.78 is 0.952. The third-order valence-electron chi connectivity index (χ3n) is 3.90. The fourth-order valence-corrected chi connectivity index (χ4v) is 3.73. The maximum Gasteiger partial charge on any atom is 0.137 e. The lowest BCUT2D eigenvalue weighted by molar-refractivity contribution is -0.120. The molecule has 1 aromatic rings. The Bertz CT molecular complexity index is 533. The van der Waals surface area contributed by atoms with Crippen LogP contribution in [-0.2, 0) is 4.79 Å². The summed E-state index contributed by atoms with van der Waals surface area (Å²) in [5.41, 5.74) is 1.78. The highest BCUT2D eigenvalue weighted by atomic mass is 79.9. The molecule has 2 heterocycles. The van der Waals surface area contributed by atoms with Crippen LogP contribution in [0.25, 0.3) is 0 Å². The minimum Gasteiger partial charge on any atom is -0.364 e. The normalized spacial score (nSPS) is 26.2. The standard InChI is InChI=1S/C14H13BrN2O/c15-13-5-9(8-16)1-4-14(13)17-10-2-3-11(17)7-12(18)6-10/h1,4-5,10-11H,2-3,6-7H2. The van der Waals surface area contributed by atoms with E-state index in [9.17, 15) is 4.79 Å². The van der Waals surface area contributed by atoms with Gasteiger partial charge in [-0.3, -0.25) is 4.79 Å². The Hall–Kier alpha value is -1.34. The minimum absolute atomic E-state index is 0.348. The number of Topliss-reactive ketones (excluding diaryl/α,β-unsaturated/α-hetero) is 1. The summed E-state index contributed by atoms with van der Waals surface area (Å²) in [4.78, 5) is 14.0. The molecular weight excluding hydrogens is 292 g/mol. The molecule has 0 radical (unpaired) electrons. The average Bonchev–Trinajstić information content (AvgIpc) is 2.61. The maximum atomic E-state index is 11.6. The van der Waals surface area contributed by atoms with Gasteiger partial charge in [-0.05, 0) is 47.0 Å². The predicted molar refractivity (Wildman–Crippen MR) is 72.4 cm³/mol. The molecule has 3 nitrogen and oxygen atoms in total. The van der Waals surface area contributed by atoms with Crippen molar-refractivity contribution >= 4 is 27.4 Å². The van der Waals surface area contributed by atoms with E-state index in [0.717, 1.165) is 23.0 Å². The number of anilines is 1. The van der Waals surface area contributed by atoms with E-state index in [2.05, 4.69) is 26.9 Å². The lowest BCUT2D eigenvalue weighted by Crippen LogP contribution is -2.43. The first-order valence-electron chi connectivity index (χ1n) is 6.18. The first-order chi connectivity index (χ1) is 8.69. The summed E-state index contributed by atoms with van der Waals surface area (Å²) in [5, 5.41) is 8.89. The van der Waals surface area contributed by atoms with Gasteiger partial charge in [0.15, 0.2) is 0 Å². The van der Waals surface area contributed by atoms with E-state index >= 15 is 0 Å². The monoisotopic (exact) mass is 304 g/mol. The zero-order valence-corrected chi connectivity index (χ0v) is 11.5. The SMILES string of the molecule is N#Cc1ccc(N2C3CCC2CC(=O)C3)c(Br)c1. The van der Waals surface area contributed by atoms with E-state index < -0.39 is 0 Å². The molecule has 0 spiro atoms. The van der Waals surface area contributed by atoms with Gasteiger partial charge in [-0.1, -0.05) is 0 Å². The van der Waals surface area contributed by atoms with Crippen molar-refractivity contribution in [3.63, 3.8) is 0 Å². The minimum atomic E-state index is 0.348. The van der Waals surface area contributed by atoms with Crippen LogP contribution in [0, 0.1) is 11.3 Å². The van der Waals surface area contributed by atoms with E-state index in [0.29, 0.717) is 36.3 Å². The number of fused-ring (bicyclic) bond motifs is 2. The maximum absolute atomic E-state index is 11.6. The molecule has 0 aliphatic carbocycles. The molecule has 2 fully saturated rings. The number of rotatable bonds is 1. The summed E-state index contributed by atoms with van der Waals surface area (Å²) in [6.07, 6.45) is 3.54. The topological polar surface area (TPSA) is 44.1 Å². The van der Waals surface area contributed by atoms with E-state index in [1.807, 2.05) is 18.2 Å². The Kier molecular flexibility index (Phi) is 2.87. The molecule has 0 amide bonds. The largest absolute Gasteiger partial charge is 0.364 e. The molecule has 2 bridgehead atoms. The number of carbonyl (C=O) groups excluding carboxylic acids is 1. The molecule has 0 N–H and O–H groups in total. The van der Waals surface area contributed by atoms with E-state index in [1.165, 1.54) is 0 Å². The molecule has 0 aromatic heterocycles. The highest BCUT2D eigenvalue weighted by molar-refractivity contribution is 9.10. The fourth-order valence-electron chi connectivity index (χ4n) is 3.15. The summed E-state index contributed by atoms with van der Waals surface area (Å²) in [5.74, 6) is 0.392. The third-order valence-corrected chi connectivity index (χ3v) is 4.54. The van der Waals surface area contributed by atoms with Crippen LogP contribution in [0.4, 0.5) is 5.69 Å². The third kappa shape index (κ3) is 1.83. The molecule has 2 aliphatic rings. The Morgan fingerprint density at radius 2 is 1.94 bits per heavy atom. The number of hydrogen-bond acceptors (Lipinski definition) is 3. The highest BCUT2D eigenvalue weighted by Crippen LogP contribution is 2.41. The number of carbonyl (C=O) groups is 1. The van der Waals surface area contributed by atoms with Gasteiger partial charge in [0.25, 0.3) is 0 Å². The Labute approximate surface area is 115 Å². The van der Waals surface area contributed by atoms with Gasteiger partial charge in [-0.15, -0.1) is 0 Å². The number of hydrogen-bond donors (Lipinski definition) is 0. The summed E-state index contributed by atoms with van der Waals surface area (Å²) in [6.45, 7) is 0. The lowest BCUT2D eigenvalue weighted by atomic mass is 10.0. The number of piperidine rings is 1. The van der Waals surface area contributed by atoms with Crippen LogP contribution in [0.2, 0.25) is 0 Å². The van der Waals surface area contributed by atoms with Gasteiger partial charge in [0.05, 0.1) is 17.3 Å². The number of nitrogens with zero attached hydrogens (tertiary/aromatic N) is 2. The lowest BCUT2D eigenvalue weighted by Gasteiger charge is -2.36. The van der Waals surface area contributed by atoms with Crippen LogP contribution in [0.1, 0.15) is 31.2 Å². The van der Waals surface area contributed by atoms with Crippen LogP contribution in [0.5, 0.6) is 0 Å². The summed E-state index contributed by atoms with van der Waals surface area (Å²) in [7, 11) is 0. The zero-order chi connectivity index (χ0) is 12.7. The van der Waals surface area contributed by atoms with E-state index in [-0.39, 0.29) is 0 Å². The number of nitriles is 1. The van der Waals surface area contributed by atoms with Gasteiger partial charge < -0.3 is 4.90 Å². The summed E-state index contributed by atoms with van der Waals surface area (Å²) in [6, 6.07) is 8.52. The summed E-state index contributed by atoms with van der Waals surface area (Å²) >= 11 is 3.54. The number of halogens is 1. The smallest absolute Gasteiger partial charge is 0.137 e. The molecule has 2 atom stereocenters. The van der Waals surface area contributed by atoms with Crippen molar-refractivity contribution in [2.24, 2.45) is 0 Å². The second-order valence-corrected chi connectivity index (χ2v) is 5.87. The van der Waals surface area contributed by atoms with Crippen molar-refractivity contribution in [1.29, 1.82) is 5.26 Å². The van der Waals surface area contributed by atoms with Crippen molar-refractivity contribution in [3.05, 3.63) is 28.2 Å². The second-order valence-electron chi connectivity index (χ2n) is 5.02. The van der Waals surface area contributed by atoms with Crippen molar-refractivity contribution in [1.82, 2.24) is 0 Å². The average molecular weight is 305 g/mol. The molecule has 2 aliphatic heterocycles. The molecule has 1 aromatic carbocycles. The Morgan fingerprint density at radius 1 is 1.28 bits per heavy atom. The number of ketones is 1. The number of benzene rings is 1. The fraction of sp³-hybridized carbons (Fsp3) is 0.429. The molecular formula is C14H13BrN2O. The Balaban J connectivity index is 1.97. The van der Waals surface area contributed by atoms with Gasteiger partial charge >= 0.3 is 0 Å². The van der Waals surface area contributed by atoms with Crippen LogP contribution < -0.4 is 4.90 Å². The van der Waals surface area contributed by atoms with E-state index in [4.69, 9.17) is 5.26 Å². The van der Waals surface area contributed by atoms with Crippen molar-refractivity contribution < 1.29 is 4.79 Å². The van der Waals surface area contributed by atoms with Crippen molar-refractivity contribution in [2.75, 3.05) is 4.90 Å². The van der Waals surface area contributed by atoms with Gasteiger partial charge in [0, 0.05) is 29.4 Å². The highest BCUT2D eigenvalue weighted by Gasteiger charge is 2.40. The molecule has 0 saturated carbocycles. The predicted octanol–water partition coefficient (Wildman–Crippen LogP) is 3.02. The first kappa shape index (κ1) is 11.7. The molecule has 2 saturated heterocycles. The van der Waals surface area contributed by atoms with Gasteiger partial charge in [-0.2, -0.15) is 5.26 Å². The van der Waals surface area contributed by atoms with E-state index in [1.54, 1.807) is 0 Å². The van der Waals surface area contributed by atoms with Gasteiger partial charge in [-0.25, -0.2) is 0 Å². The van der Waals surface area contributed by atoms with Crippen LogP contribution in [-0.4, -0.2) is 17.9 Å². The van der Waals surface area contributed by atoms with Crippen molar-refractivity contribution in [2.45, 2.75) is 37.8 Å². The molecule has 92 valence electrons. The second kappa shape index (κ2) is 4.40. The van der Waals surface area contributed by atoms with Crippen LogP contribution >= 0.6 is 15.9 Å².